The second-order valence-electron chi connectivity index (χ2n) is 14.3. The minimum atomic E-state index is -0.291. The number of pyridine rings is 1. The fourth-order valence-corrected chi connectivity index (χ4v) is 8.06. The van der Waals surface area contributed by atoms with E-state index in [4.69, 9.17) is 9.97 Å². The third-order valence-electron chi connectivity index (χ3n) is 11.0. The molecule has 13 nitrogen and oxygen atoms in total. The molecule has 13 heteroatoms. The Bertz CT molecular complexity index is 1770. The van der Waals surface area contributed by atoms with Gasteiger partial charge in [0.25, 0.3) is 5.91 Å². The number of piperazine rings is 1. The fourth-order valence-electron chi connectivity index (χ4n) is 8.06. The van der Waals surface area contributed by atoms with E-state index in [1.807, 2.05) is 18.2 Å². The molecule has 3 amide bonds. The van der Waals surface area contributed by atoms with Crippen LogP contribution in [0.4, 0.5) is 29.0 Å². The van der Waals surface area contributed by atoms with Gasteiger partial charge in [0.1, 0.15) is 17.2 Å². The first kappa shape index (κ1) is 35.5. The van der Waals surface area contributed by atoms with Crippen LogP contribution in [0.15, 0.2) is 55.3 Å². The first-order valence-electron chi connectivity index (χ1n) is 18.9. The number of rotatable bonds is 12. The summed E-state index contributed by atoms with van der Waals surface area (Å²) < 4.78 is 0. The van der Waals surface area contributed by atoms with Gasteiger partial charge in [0.2, 0.25) is 17.8 Å². The predicted molar refractivity (Wildman–Crippen MR) is 202 cm³/mol. The van der Waals surface area contributed by atoms with E-state index in [9.17, 15) is 14.4 Å². The number of aromatic nitrogens is 3. The van der Waals surface area contributed by atoms with Gasteiger partial charge in [-0.25, -0.2) is 9.97 Å². The summed E-state index contributed by atoms with van der Waals surface area (Å²) in [7, 11) is 0. The normalized spacial score (nSPS) is 23.4. The number of anilines is 5. The molecule has 4 heterocycles. The van der Waals surface area contributed by atoms with E-state index < -0.39 is 0 Å². The molecular weight excluding hydrogens is 656 g/mol. The van der Waals surface area contributed by atoms with Crippen LogP contribution in [0.2, 0.25) is 0 Å². The Morgan fingerprint density at radius 2 is 1.73 bits per heavy atom. The molecule has 2 unspecified atom stereocenters. The van der Waals surface area contributed by atoms with Crippen LogP contribution in [0, 0.1) is 0 Å². The van der Waals surface area contributed by atoms with E-state index in [1.54, 1.807) is 6.08 Å². The number of amides is 3. The number of hydrogen-bond acceptors (Lipinski definition) is 11. The highest BCUT2D eigenvalue weighted by Crippen LogP contribution is 2.35. The molecule has 1 saturated carbocycles. The highest BCUT2D eigenvalue weighted by atomic mass is 16.2. The molecule has 2 atom stereocenters. The maximum absolute atomic E-state index is 13.0. The van der Waals surface area contributed by atoms with Gasteiger partial charge in [-0.3, -0.25) is 24.6 Å². The number of imide groups is 1. The quantitative estimate of drug-likeness (QED) is 0.133. The van der Waals surface area contributed by atoms with Crippen molar-refractivity contribution in [1.29, 1.82) is 0 Å². The molecule has 0 bridgehead atoms. The zero-order valence-electron chi connectivity index (χ0n) is 30.0. The molecule has 3 fully saturated rings. The fraction of sp³-hybridized carbons (Fsp3) is 0.487. The summed E-state index contributed by atoms with van der Waals surface area (Å²) in [6, 6.07) is 13.0. The molecule has 2 saturated heterocycles. The smallest absolute Gasteiger partial charge is 0.256 e. The molecule has 52 heavy (non-hydrogen) atoms. The number of piperidine rings is 1. The molecule has 7 rings (SSSR count). The minimum absolute atomic E-state index is 0.168. The van der Waals surface area contributed by atoms with Gasteiger partial charge in [0, 0.05) is 80.4 Å². The van der Waals surface area contributed by atoms with Crippen molar-refractivity contribution in [1.82, 2.24) is 35.8 Å². The molecular formula is C39H50N10O3. The summed E-state index contributed by atoms with van der Waals surface area (Å²) in [4.78, 5) is 55.8. The molecule has 3 aromatic rings. The Kier molecular flexibility index (Phi) is 11.1. The van der Waals surface area contributed by atoms with Crippen molar-refractivity contribution in [2.24, 2.45) is 0 Å². The largest absolute Gasteiger partial charge is 0.369 e. The summed E-state index contributed by atoms with van der Waals surface area (Å²) in [5.41, 5.74) is 4.77. The van der Waals surface area contributed by atoms with Gasteiger partial charge < -0.3 is 26.2 Å². The van der Waals surface area contributed by atoms with Crippen molar-refractivity contribution in [3.05, 3.63) is 72.1 Å². The minimum Gasteiger partial charge on any atom is -0.369 e. The van der Waals surface area contributed by atoms with Crippen molar-refractivity contribution >= 4 is 46.7 Å². The molecule has 1 aromatic carbocycles. The third-order valence-corrected chi connectivity index (χ3v) is 11.0. The summed E-state index contributed by atoms with van der Waals surface area (Å²) >= 11 is 0. The van der Waals surface area contributed by atoms with Crippen LogP contribution in [0.5, 0.6) is 0 Å². The number of nitrogens with one attached hydrogen (secondary N) is 5. The van der Waals surface area contributed by atoms with Crippen molar-refractivity contribution < 1.29 is 14.4 Å². The van der Waals surface area contributed by atoms with Crippen LogP contribution in [-0.2, 0) is 16.0 Å². The zero-order chi connectivity index (χ0) is 36.0. The van der Waals surface area contributed by atoms with E-state index in [1.165, 1.54) is 17.4 Å². The van der Waals surface area contributed by atoms with Crippen LogP contribution < -0.4 is 31.5 Å². The molecule has 274 valence electrons. The highest BCUT2D eigenvalue weighted by molar-refractivity contribution is 6.00. The van der Waals surface area contributed by atoms with Gasteiger partial charge >= 0.3 is 0 Å². The average Bonchev–Trinajstić information content (AvgIpc) is 3.58. The topological polar surface area (TPSA) is 157 Å². The molecule has 4 aliphatic rings. The Morgan fingerprint density at radius 1 is 0.942 bits per heavy atom. The SMILES string of the molecule is C=CCNC(=O)c1cnc(Nc2ccc(N3CCN(C4CCC(NC5CCC(=O)NC5=O)CC4)CC3)cc2)nc1Nc1ccc2c(n1)C(CC)CC2. The molecule has 2 aliphatic carbocycles. The maximum atomic E-state index is 13.0. The number of benzene rings is 1. The molecule has 2 aromatic heterocycles. The van der Waals surface area contributed by atoms with Gasteiger partial charge in [-0.15, -0.1) is 6.58 Å². The third kappa shape index (κ3) is 8.26. The first-order chi connectivity index (χ1) is 25.4. The van der Waals surface area contributed by atoms with Crippen molar-refractivity contribution in [2.45, 2.75) is 88.8 Å². The number of carbonyl (C=O) groups is 3. The summed E-state index contributed by atoms with van der Waals surface area (Å²) in [6.07, 6.45) is 11.7. The van der Waals surface area contributed by atoms with E-state index >= 15 is 0 Å². The van der Waals surface area contributed by atoms with Gasteiger partial charge in [-0.2, -0.15) is 4.98 Å². The Hall–Kier alpha value is -4.88. The molecule has 0 radical (unpaired) electrons. The Balaban J connectivity index is 0.935. The molecule has 5 N–H and O–H groups in total. The molecule has 2 aliphatic heterocycles. The number of carbonyl (C=O) groups excluding carboxylic acids is 3. The monoisotopic (exact) mass is 706 g/mol. The highest BCUT2D eigenvalue weighted by Gasteiger charge is 2.32. The Morgan fingerprint density at radius 3 is 2.46 bits per heavy atom. The standard InChI is InChI=1S/C39H50N10O3/c1-3-19-40-37(51)31-24-41-39(47-36(31)45-33-17-7-26-6-5-25(4-2)35(26)44-33)43-28-10-14-30(15-11-28)49-22-20-48(21-23-49)29-12-8-27(9-13-29)42-32-16-18-34(50)46-38(32)52/h3,7,10-11,14-15,17,24-25,27,29,32,42H,1,4-6,8-9,12-13,16,18-23H2,2H3,(H,40,51)(H,46,50,52)(H2,41,43,44,45,47). The number of hydrogen-bond donors (Lipinski definition) is 5. The second-order valence-corrected chi connectivity index (χ2v) is 14.3. The summed E-state index contributed by atoms with van der Waals surface area (Å²) in [5, 5.41) is 15.4. The van der Waals surface area contributed by atoms with E-state index in [-0.39, 0.29) is 23.8 Å². The van der Waals surface area contributed by atoms with Gasteiger partial charge in [-0.1, -0.05) is 19.1 Å². The summed E-state index contributed by atoms with van der Waals surface area (Å²) in [5.74, 6) is 1.22. The molecule has 0 spiro atoms. The lowest BCUT2D eigenvalue weighted by molar-refractivity contribution is -0.135. The maximum Gasteiger partial charge on any atom is 0.256 e. The van der Waals surface area contributed by atoms with Crippen molar-refractivity contribution in [3.8, 4) is 0 Å². The van der Waals surface area contributed by atoms with Gasteiger partial charge in [-0.05, 0) is 87.3 Å². The zero-order valence-corrected chi connectivity index (χ0v) is 30.0. The van der Waals surface area contributed by atoms with Crippen LogP contribution in [0.3, 0.4) is 0 Å². The Labute approximate surface area is 305 Å². The van der Waals surface area contributed by atoms with Crippen LogP contribution >= 0.6 is 0 Å². The number of nitrogens with zero attached hydrogens (tertiary/aromatic N) is 5. The van der Waals surface area contributed by atoms with Gasteiger partial charge in [0.05, 0.1) is 6.04 Å². The number of fused-ring (bicyclic) bond motifs is 1. The van der Waals surface area contributed by atoms with E-state index in [0.29, 0.717) is 60.5 Å². The van der Waals surface area contributed by atoms with E-state index in [2.05, 4.69) is 73.1 Å². The predicted octanol–water partition coefficient (Wildman–Crippen LogP) is 4.54. The second kappa shape index (κ2) is 16.2. The van der Waals surface area contributed by atoms with Crippen molar-refractivity contribution in [2.75, 3.05) is 48.3 Å². The van der Waals surface area contributed by atoms with Crippen LogP contribution in [0.1, 0.15) is 85.8 Å². The number of aryl methyl sites for hydroxylation is 1. The van der Waals surface area contributed by atoms with Crippen LogP contribution in [-0.4, -0.2) is 88.4 Å². The van der Waals surface area contributed by atoms with E-state index in [0.717, 1.165) is 82.5 Å². The lowest BCUT2D eigenvalue weighted by atomic mass is 9.88. The first-order valence-corrected chi connectivity index (χ1v) is 18.9. The summed E-state index contributed by atoms with van der Waals surface area (Å²) in [6.45, 7) is 10.2. The van der Waals surface area contributed by atoms with Crippen LogP contribution in [0.25, 0.3) is 0 Å². The lowest BCUT2D eigenvalue weighted by Gasteiger charge is -2.43. The lowest BCUT2D eigenvalue weighted by Crippen LogP contribution is -2.55. The van der Waals surface area contributed by atoms with Gasteiger partial charge in [0.15, 0.2) is 0 Å². The van der Waals surface area contributed by atoms with Crippen molar-refractivity contribution in [3.63, 3.8) is 0 Å². The average molecular weight is 707 g/mol.